The van der Waals surface area contributed by atoms with E-state index in [4.69, 9.17) is 14.2 Å². The predicted octanol–water partition coefficient (Wildman–Crippen LogP) is 3.86. The lowest BCUT2D eigenvalue weighted by Gasteiger charge is -2.35. The lowest BCUT2D eigenvalue weighted by Crippen LogP contribution is -2.40. The fraction of sp³-hybridized carbons (Fsp3) is 0.360. The van der Waals surface area contributed by atoms with Crippen LogP contribution in [0.15, 0.2) is 58.5 Å². The van der Waals surface area contributed by atoms with Crippen molar-refractivity contribution in [2.45, 2.75) is 29.6 Å². The Hall–Kier alpha value is -3.33. The van der Waals surface area contributed by atoms with Gasteiger partial charge in [-0.1, -0.05) is 0 Å². The van der Waals surface area contributed by atoms with E-state index >= 15 is 0 Å². The third-order valence-electron chi connectivity index (χ3n) is 6.03. The van der Waals surface area contributed by atoms with E-state index < -0.39 is 9.84 Å². The van der Waals surface area contributed by atoms with Crippen molar-refractivity contribution in [2.24, 2.45) is 5.92 Å². The summed E-state index contributed by atoms with van der Waals surface area (Å²) in [5, 5.41) is 0.651. The highest BCUT2D eigenvalue weighted by molar-refractivity contribution is 7.91. The SMILES string of the molecule is CCOC(=O)[C@@H]1CCCN(c2c(S(=O)(=O)c3ccc(OC)cc3)cnc3ccc(OC)cc23)C1. The molecule has 2 heterocycles. The quantitative estimate of drug-likeness (QED) is 0.467. The summed E-state index contributed by atoms with van der Waals surface area (Å²) in [4.78, 5) is 19.1. The van der Waals surface area contributed by atoms with Crippen LogP contribution in [-0.2, 0) is 19.4 Å². The molecule has 1 aromatic heterocycles. The summed E-state index contributed by atoms with van der Waals surface area (Å²) in [6.45, 7) is 3.06. The number of sulfone groups is 1. The van der Waals surface area contributed by atoms with Gasteiger partial charge >= 0.3 is 5.97 Å². The van der Waals surface area contributed by atoms with Crippen molar-refractivity contribution < 1.29 is 27.4 Å². The number of ether oxygens (including phenoxy) is 3. The van der Waals surface area contributed by atoms with Crippen LogP contribution in [0.4, 0.5) is 5.69 Å². The summed E-state index contributed by atoms with van der Waals surface area (Å²) in [6, 6.07) is 11.6. The van der Waals surface area contributed by atoms with E-state index in [1.54, 1.807) is 44.4 Å². The summed E-state index contributed by atoms with van der Waals surface area (Å²) in [6.07, 6.45) is 2.83. The number of pyridine rings is 1. The van der Waals surface area contributed by atoms with Gasteiger partial charge in [-0.05, 0) is 62.2 Å². The maximum absolute atomic E-state index is 13.8. The molecular formula is C25H28N2O6S. The first-order valence-corrected chi connectivity index (χ1v) is 12.6. The average Bonchev–Trinajstić information content (AvgIpc) is 2.87. The van der Waals surface area contributed by atoms with Gasteiger partial charge in [-0.15, -0.1) is 0 Å². The van der Waals surface area contributed by atoms with E-state index in [-0.39, 0.29) is 21.7 Å². The Labute approximate surface area is 199 Å². The molecule has 0 unspecified atom stereocenters. The van der Waals surface area contributed by atoms with E-state index in [0.717, 1.165) is 6.42 Å². The zero-order valence-corrected chi connectivity index (χ0v) is 20.3. The molecule has 0 spiro atoms. The van der Waals surface area contributed by atoms with Gasteiger partial charge in [-0.25, -0.2) is 8.42 Å². The van der Waals surface area contributed by atoms with Gasteiger partial charge in [0, 0.05) is 24.7 Å². The van der Waals surface area contributed by atoms with Gasteiger partial charge in [0.1, 0.15) is 16.4 Å². The smallest absolute Gasteiger partial charge is 0.310 e. The van der Waals surface area contributed by atoms with Crippen LogP contribution in [0.3, 0.4) is 0 Å². The molecule has 4 rings (SSSR count). The predicted molar refractivity (Wildman–Crippen MR) is 128 cm³/mol. The normalized spacial score (nSPS) is 16.3. The zero-order valence-electron chi connectivity index (χ0n) is 19.5. The minimum atomic E-state index is -3.92. The highest BCUT2D eigenvalue weighted by atomic mass is 32.2. The van der Waals surface area contributed by atoms with Crippen molar-refractivity contribution in [1.29, 1.82) is 0 Å². The van der Waals surface area contributed by atoms with Crippen molar-refractivity contribution in [3.63, 3.8) is 0 Å². The van der Waals surface area contributed by atoms with Crippen LogP contribution in [0.5, 0.6) is 11.5 Å². The topological polar surface area (TPSA) is 95.0 Å². The van der Waals surface area contributed by atoms with Crippen LogP contribution >= 0.6 is 0 Å². The number of fused-ring (bicyclic) bond motifs is 1. The first kappa shape index (κ1) is 23.8. The second-order valence-corrected chi connectivity index (χ2v) is 9.99. The van der Waals surface area contributed by atoms with Crippen LogP contribution < -0.4 is 14.4 Å². The average molecular weight is 485 g/mol. The largest absolute Gasteiger partial charge is 0.497 e. The van der Waals surface area contributed by atoms with Crippen molar-refractivity contribution in [3.05, 3.63) is 48.7 Å². The van der Waals surface area contributed by atoms with E-state index in [0.29, 0.717) is 54.2 Å². The Morgan fingerprint density at radius 2 is 1.79 bits per heavy atom. The minimum absolute atomic E-state index is 0.0860. The Bertz CT molecular complexity index is 1290. The molecule has 1 atom stereocenters. The molecule has 9 heteroatoms. The minimum Gasteiger partial charge on any atom is -0.497 e. The number of anilines is 1. The molecule has 0 N–H and O–H groups in total. The number of aromatic nitrogens is 1. The molecule has 0 amide bonds. The van der Waals surface area contributed by atoms with E-state index in [2.05, 4.69) is 4.98 Å². The molecule has 0 aliphatic carbocycles. The zero-order chi connectivity index (χ0) is 24.3. The van der Waals surface area contributed by atoms with Crippen LogP contribution in [-0.4, -0.2) is 53.3 Å². The Kier molecular flexibility index (Phi) is 6.92. The van der Waals surface area contributed by atoms with Crippen LogP contribution in [0.25, 0.3) is 10.9 Å². The number of carbonyl (C=O) groups excluding carboxylic acids is 1. The highest BCUT2D eigenvalue weighted by Crippen LogP contribution is 2.39. The third-order valence-corrected chi connectivity index (χ3v) is 7.80. The monoisotopic (exact) mass is 484 g/mol. The number of carbonyl (C=O) groups is 1. The Morgan fingerprint density at radius 1 is 1.09 bits per heavy atom. The summed E-state index contributed by atoms with van der Waals surface area (Å²) in [5.41, 5.74) is 1.16. The van der Waals surface area contributed by atoms with Crippen molar-refractivity contribution in [1.82, 2.24) is 4.98 Å². The molecule has 0 saturated carbocycles. The molecule has 8 nitrogen and oxygen atoms in total. The standard InChI is InChI=1S/C25H28N2O6S/c1-4-33-25(28)17-6-5-13-27(16-17)24-21-14-19(32-3)9-12-22(21)26-15-23(24)34(29,30)20-10-7-18(31-2)8-11-20/h7-12,14-15,17H,4-6,13,16H2,1-3H3/t17-/m1/s1. The van der Waals surface area contributed by atoms with Gasteiger partial charge < -0.3 is 19.1 Å². The van der Waals surface area contributed by atoms with Crippen molar-refractivity contribution >= 4 is 32.4 Å². The molecule has 1 aliphatic heterocycles. The molecule has 180 valence electrons. The van der Waals surface area contributed by atoms with Gasteiger partial charge in [-0.2, -0.15) is 0 Å². The Morgan fingerprint density at radius 3 is 2.47 bits per heavy atom. The van der Waals surface area contributed by atoms with Gasteiger partial charge in [-0.3, -0.25) is 9.78 Å². The maximum Gasteiger partial charge on any atom is 0.310 e. The summed E-state index contributed by atoms with van der Waals surface area (Å²) in [7, 11) is -0.834. The number of piperidine rings is 1. The molecular weight excluding hydrogens is 456 g/mol. The number of nitrogens with zero attached hydrogens (tertiary/aromatic N) is 2. The van der Waals surface area contributed by atoms with Gasteiger partial charge in [0.2, 0.25) is 9.84 Å². The summed E-state index contributed by atoms with van der Waals surface area (Å²) < 4.78 is 43.4. The number of rotatable bonds is 7. The molecule has 1 aliphatic rings. The number of hydrogen-bond acceptors (Lipinski definition) is 8. The third kappa shape index (κ3) is 4.52. The van der Waals surface area contributed by atoms with Crippen LogP contribution in [0.1, 0.15) is 19.8 Å². The van der Waals surface area contributed by atoms with E-state index in [9.17, 15) is 13.2 Å². The van der Waals surface area contributed by atoms with E-state index in [1.807, 2.05) is 4.90 Å². The molecule has 3 aromatic rings. The molecule has 0 radical (unpaired) electrons. The first-order valence-electron chi connectivity index (χ1n) is 11.2. The Balaban J connectivity index is 1.88. The number of hydrogen-bond donors (Lipinski definition) is 0. The first-order chi connectivity index (χ1) is 16.4. The number of esters is 1. The lowest BCUT2D eigenvalue weighted by atomic mass is 9.97. The lowest BCUT2D eigenvalue weighted by molar-refractivity contribution is -0.148. The van der Waals surface area contributed by atoms with E-state index in [1.165, 1.54) is 25.4 Å². The van der Waals surface area contributed by atoms with Crippen LogP contribution in [0.2, 0.25) is 0 Å². The fourth-order valence-corrected chi connectivity index (χ4v) is 5.74. The molecule has 1 fully saturated rings. The maximum atomic E-state index is 13.8. The molecule has 2 aromatic carbocycles. The molecule has 34 heavy (non-hydrogen) atoms. The summed E-state index contributed by atoms with van der Waals surface area (Å²) in [5.74, 6) is 0.559. The molecule has 0 bridgehead atoms. The number of benzene rings is 2. The number of methoxy groups -OCH3 is 2. The fourth-order valence-electron chi connectivity index (χ4n) is 4.30. The van der Waals surface area contributed by atoms with Gasteiger partial charge in [0.15, 0.2) is 0 Å². The second kappa shape index (κ2) is 9.89. The highest BCUT2D eigenvalue weighted by Gasteiger charge is 2.32. The summed E-state index contributed by atoms with van der Waals surface area (Å²) >= 11 is 0. The van der Waals surface area contributed by atoms with Crippen molar-refractivity contribution in [3.8, 4) is 11.5 Å². The molecule has 1 saturated heterocycles. The van der Waals surface area contributed by atoms with Gasteiger partial charge in [0.05, 0.1) is 42.8 Å². The van der Waals surface area contributed by atoms with Gasteiger partial charge in [0.25, 0.3) is 0 Å². The second-order valence-electron chi connectivity index (χ2n) is 8.07. The van der Waals surface area contributed by atoms with Crippen LogP contribution in [0, 0.1) is 5.92 Å². The van der Waals surface area contributed by atoms with Crippen molar-refractivity contribution in [2.75, 3.05) is 38.8 Å².